The van der Waals surface area contributed by atoms with E-state index in [1.54, 1.807) is 6.92 Å². The molecule has 0 spiro atoms. The van der Waals surface area contributed by atoms with Crippen LogP contribution in [0, 0.1) is 5.92 Å². The second-order valence-corrected chi connectivity index (χ2v) is 4.89. The molecule has 1 fully saturated rings. The van der Waals surface area contributed by atoms with Gasteiger partial charge in [-0.3, -0.25) is 0 Å². The van der Waals surface area contributed by atoms with E-state index >= 15 is 0 Å². The number of hydrogen-bond donors (Lipinski definition) is 1. The molecule has 1 heterocycles. The Labute approximate surface area is 102 Å². The van der Waals surface area contributed by atoms with Crippen LogP contribution in [-0.4, -0.2) is 13.2 Å². The maximum absolute atomic E-state index is 14.8. The monoisotopic (exact) mass is 237 g/mol. The van der Waals surface area contributed by atoms with Crippen molar-refractivity contribution in [2.45, 2.75) is 32.0 Å². The zero-order valence-electron chi connectivity index (χ0n) is 10.3. The topological polar surface area (TPSA) is 35.2 Å². The van der Waals surface area contributed by atoms with Gasteiger partial charge in [0.2, 0.25) is 0 Å². The fourth-order valence-electron chi connectivity index (χ4n) is 2.37. The number of rotatable bonds is 3. The van der Waals surface area contributed by atoms with Gasteiger partial charge in [0.05, 0.1) is 6.61 Å². The SMILES string of the molecule is CC(F)(c1ccc(CN)cc1)C1CCCOC1. The van der Waals surface area contributed by atoms with Crippen LogP contribution in [0.1, 0.15) is 30.9 Å². The first-order valence-electron chi connectivity index (χ1n) is 6.20. The van der Waals surface area contributed by atoms with Crippen LogP contribution in [-0.2, 0) is 17.0 Å². The van der Waals surface area contributed by atoms with Crippen LogP contribution < -0.4 is 5.73 Å². The summed E-state index contributed by atoms with van der Waals surface area (Å²) in [6.07, 6.45) is 1.84. The van der Waals surface area contributed by atoms with Gasteiger partial charge >= 0.3 is 0 Å². The van der Waals surface area contributed by atoms with Crippen LogP contribution in [0.5, 0.6) is 0 Å². The van der Waals surface area contributed by atoms with Gasteiger partial charge in [0, 0.05) is 19.1 Å². The summed E-state index contributed by atoms with van der Waals surface area (Å²) in [6, 6.07) is 7.49. The van der Waals surface area contributed by atoms with E-state index in [0.717, 1.165) is 30.6 Å². The van der Waals surface area contributed by atoms with Crippen molar-refractivity contribution in [3.8, 4) is 0 Å². The number of nitrogens with two attached hydrogens (primary N) is 1. The van der Waals surface area contributed by atoms with Gasteiger partial charge in [0.25, 0.3) is 0 Å². The summed E-state index contributed by atoms with van der Waals surface area (Å²) in [5.74, 6) is -0.0417. The smallest absolute Gasteiger partial charge is 0.138 e. The third-order valence-electron chi connectivity index (χ3n) is 3.68. The normalized spacial score (nSPS) is 24.3. The highest BCUT2D eigenvalue weighted by molar-refractivity contribution is 5.27. The highest BCUT2D eigenvalue weighted by Crippen LogP contribution is 2.38. The van der Waals surface area contributed by atoms with E-state index in [2.05, 4.69) is 0 Å². The number of halogens is 1. The van der Waals surface area contributed by atoms with Crippen LogP contribution >= 0.6 is 0 Å². The fraction of sp³-hybridized carbons (Fsp3) is 0.571. The average Bonchev–Trinajstić information content (AvgIpc) is 2.40. The summed E-state index contributed by atoms with van der Waals surface area (Å²) in [6.45, 7) is 3.43. The molecule has 2 rings (SSSR count). The Balaban J connectivity index is 2.17. The Morgan fingerprint density at radius 1 is 1.41 bits per heavy atom. The van der Waals surface area contributed by atoms with Gasteiger partial charge in [-0.25, -0.2) is 4.39 Å². The molecule has 2 atom stereocenters. The molecule has 2 unspecified atom stereocenters. The van der Waals surface area contributed by atoms with E-state index in [0.29, 0.717) is 13.2 Å². The van der Waals surface area contributed by atoms with Crippen molar-refractivity contribution in [1.29, 1.82) is 0 Å². The third-order valence-corrected chi connectivity index (χ3v) is 3.68. The van der Waals surface area contributed by atoms with Crippen molar-refractivity contribution >= 4 is 0 Å². The first-order valence-corrected chi connectivity index (χ1v) is 6.20. The largest absolute Gasteiger partial charge is 0.381 e. The molecule has 0 amide bonds. The lowest BCUT2D eigenvalue weighted by Crippen LogP contribution is -2.33. The Hall–Kier alpha value is -0.930. The first-order chi connectivity index (χ1) is 8.14. The Bertz CT molecular complexity index is 355. The van der Waals surface area contributed by atoms with Gasteiger partial charge in [-0.2, -0.15) is 0 Å². The molecule has 0 aromatic heterocycles. The van der Waals surface area contributed by atoms with E-state index in [-0.39, 0.29) is 5.92 Å². The lowest BCUT2D eigenvalue weighted by molar-refractivity contribution is -0.0232. The van der Waals surface area contributed by atoms with Gasteiger partial charge in [-0.15, -0.1) is 0 Å². The van der Waals surface area contributed by atoms with Gasteiger partial charge < -0.3 is 10.5 Å². The fourth-order valence-corrected chi connectivity index (χ4v) is 2.37. The van der Waals surface area contributed by atoms with Gasteiger partial charge in [0.1, 0.15) is 5.67 Å². The summed E-state index contributed by atoms with van der Waals surface area (Å²) in [5.41, 5.74) is 5.98. The number of ether oxygens (including phenoxy) is 1. The molecule has 1 aromatic carbocycles. The first kappa shape index (κ1) is 12.5. The molecular formula is C14H20FNO. The maximum Gasteiger partial charge on any atom is 0.138 e. The molecule has 1 aliphatic heterocycles. The molecule has 0 radical (unpaired) electrons. The van der Waals surface area contributed by atoms with Crippen molar-refractivity contribution in [2.75, 3.05) is 13.2 Å². The second-order valence-electron chi connectivity index (χ2n) is 4.89. The average molecular weight is 237 g/mol. The van der Waals surface area contributed by atoms with Crippen molar-refractivity contribution in [3.05, 3.63) is 35.4 Å². The van der Waals surface area contributed by atoms with Crippen molar-refractivity contribution in [2.24, 2.45) is 11.7 Å². The zero-order chi connectivity index (χ0) is 12.3. The van der Waals surface area contributed by atoms with E-state index in [9.17, 15) is 4.39 Å². The minimum atomic E-state index is -1.31. The molecule has 1 aliphatic rings. The minimum absolute atomic E-state index is 0.0417. The van der Waals surface area contributed by atoms with Crippen molar-refractivity contribution in [3.63, 3.8) is 0 Å². The molecule has 1 aromatic rings. The molecule has 0 bridgehead atoms. The van der Waals surface area contributed by atoms with Crippen LogP contribution in [0.3, 0.4) is 0 Å². The summed E-state index contributed by atoms with van der Waals surface area (Å²) in [4.78, 5) is 0. The minimum Gasteiger partial charge on any atom is -0.381 e. The lowest BCUT2D eigenvalue weighted by atomic mass is 9.81. The summed E-state index contributed by atoms with van der Waals surface area (Å²) >= 11 is 0. The molecule has 3 heteroatoms. The standard InChI is InChI=1S/C14H20FNO/c1-14(15,13-3-2-8-17-10-13)12-6-4-11(9-16)5-7-12/h4-7,13H,2-3,8-10,16H2,1H3. The van der Waals surface area contributed by atoms with Crippen LogP contribution in [0.15, 0.2) is 24.3 Å². The molecular weight excluding hydrogens is 217 g/mol. The Morgan fingerprint density at radius 3 is 2.65 bits per heavy atom. The zero-order valence-corrected chi connectivity index (χ0v) is 10.3. The van der Waals surface area contributed by atoms with Crippen LogP contribution in [0.25, 0.3) is 0 Å². The second kappa shape index (κ2) is 5.15. The predicted molar refractivity (Wildman–Crippen MR) is 66.3 cm³/mol. The van der Waals surface area contributed by atoms with E-state index in [4.69, 9.17) is 10.5 Å². The number of alkyl halides is 1. The van der Waals surface area contributed by atoms with Crippen LogP contribution in [0.2, 0.25) is 0 Å². The lowest BCUT2D eigenvalue weighted by Gasteiger charge is -2.33. The third kappa shape index (κ3) is 2.67. The van der Waals surface area contributed by atoms with Gasteiger partial charge in [-0.05, 0) is 30.9 Å². The van der Waals surface area contributed by atoms with Crippen LogP contribution in [0.4, 0.5) is 4.39 Å². The summed E-state index contributed by atoms with van der Waals surface area (Å²) in [5, 5.41) is 0. The molecule has 17 heavy (non-hydrogen) atoms. The summed E-state index contributed by atoms with van der Waals surface area (Å²) in [7, 11) is 0. The summed E-state index contributed by atoms with van der Waals surface area (Å²) < 4.78 is 20.2. The Morgan fingerprint density at radius 2 is 2.12 bits per heavy atom. The number of hydrogen-bond acceptors (Lipinski definition) is 2. The van der Waals surface area contributed by atoms with Crippen molar-refractivity contribution in [1.82, 2.24) is 0 Å². The highest BCUT2D eigenvalue weighted by atomic mass is 19.1. The van der Waals surface area contributed by atoms with Crippen molar-refractivity contribution < 1.29 is 9.13 Å². The van der Waals surface area contributed by atoms with Gasteiger partial charge in [0.15, 0.2) is 0 Å². The molecule has 0 aliphatic carbocycles. The molecule has 2 N–H and O–H groups in total. The molecule has 94 valence electrons. The van der Waals surface area contributed by atoms with E-state index < -0.39 is 5.67 Å². The van der Waals surface area contributed by atoms with E-state index in [1.807, 2.05) is 24.3 Å². The Kier molecular flexibility index (Phi) is 3.79. The maximum atomic E-state index is 14.8. The van der Waals surface area contributed by atoms with Gasteiger partial charge in [-0.1, -0.05) is 24.3 Å². The molecule has 1 saturated heterocycles. The molecule has 2 nitrogen and oxygen atoms in total. The quantitative estimate of drug-likeness (QED) is 0.877. The highest BCUT2D eigenvalue weighted by Gasteiger charge is 2.37. The van der Waals surface area contributed by atoms with E-state index in [1.165, 1.54) is 0 Å². The number of benzene rings is 1. The molecule has 0 saturated carbocycles. The predicted octanol–water partition coefficient (Wildman–Crippen LogP) is 2.76.